The number of piperidine rings is 1. The number of likely N-dealkylation sites (tertiary alicyclic amines) is 1. The number of benzene rings is 1. The van der Waals surface area contributed by atoms with Crippen LogP contribution < -0.4 is 10.6 Å². The van der Waals surface area contributed by atoms with Crippen molar-refractivity contribution in [1.29, 1.82) is 0 Å². The second kappa shape index (κ2) is 12.8. The molecule has 2 N–H and O–H groups in total. The molecular weight excluding hydrogens is 473 g/mol. The number of guanidine groups is 1. The van der Waals surface area contributed by atoms with E-state index in [0.717, 1.165) is 24.7 Å². The first kappa shape index (κ1) is 23.6. The maximum Gasteiger partial charge on any atom is 0.191 e. The minimum Gasteiger partial charge on any atom is -0.357 e. The molecule has 5 nitrogen and oxygen atoms in total. The summed E-state index contributed by atoms with van der Waals surface area (Å²) in [5.41, 5.74) is 4.87. The summed E-state index contributed by atoms with van der Waals surface area (Å²) >= 11 is 0. The average Bonchev–Trinajstić information content (AvgIpc) is 2.73. The van der Waals surface area contributed by atoms with E-state index in [0.29, 0.717) is 13.1 Å². The summed E-state index contributed by atoms with van der Waals surface area (Å²) in [5, 5.41) is 6.70. The first-order valence-electron chi connectivity index (χ1n) is 10.5. The summed E-state index contributed by atoms with van der Waals surface area (Å²) < 4.78 is 0. The van der Waals surface area contributed by atoms with Crippen LogP contribution >= 0.6 is 24.0 Å². The maximum atomic E-state index is 4.73. The molecule has 3 rings (SSSR count). The number of aliphatic imine (C=N–C) groups is 1. The van der Waals surface area contributed by atoms with Crippen LogP contribution in [0.5, 0.6) is 0 Å². The van der Waals surface area contributed by atoms with Crippen molar-refractivity contribution in [2.24, 2.45) is 4.99 Å². The van der Waals surface area contributed by atoms with Crippen LogP contribution in [0.2, 0.25) is 0 Å². The zero-order chi connectivity index (χ0) is 19.6. The standard InChI is InChI=1S/C23H33N5.HI/c1-3-24-23(27-17-22-19(2)8-7-13-25-22)26-16-20-9-11-21(12-10-20)18-28-14-5-4-6-15-28;/h7-13H,3-6,14-18H2,1-2H3,(H2,24,26,27);1H. The molecule has 1 fully saturated rings. The number of rotatable bonds is 7. The van der Waals surface area contributed by atoms with Crippen LogP contribution in [0.3, 0.4) is 0 Å². The lowest BCUT2D eigenvalue weighted by molar-refractivity contribution is 0.221. The fourth-order valence-corrected chi connectivity index (χ4v) is 3.51. The second-order valence-electron chi connectivity index (χ2n) is 7.47. The fraction of sp³-hybridized carbons (Fsp3) is 0.478. The van der Waals surface area contributed by atoms with Crippen molar-refractivity contribution >= 4 is 29.9 Å². The Labute approximate surface area is 192 Å². The molecule has 158 valence electrons. The molecule has 1 aliphatic rings. The van der Waals surface area contributed by atoms with E-state index in [-0.39, 0.29) is 24.0 Å². The molecule has 0 unspecified atom stereocenters. The number of hydrogen-bond acceptors (Lipinski definition) is 3. The molecule has 0 atom stereocenters. The van der Waals surface area contributed by atoms with E-state index in [1.807, 2.05) is 12.3 Å². The van der Waals surface area contributed by atoms with Crippen LogP contribution in [0.15, 0.2) is 47.6 Å². The number of pyridine rings is 1. The van der Waals surface area contributed by atoms with Crippen molar-refractivity contribution in [3.8, 4) is 0 Å². The van der Waals surface area contributed by atoms with Crippen molar-refractivity contribution in [2.75, 3.05) is 19.6 Å². The van der Waals surface area contributed by atoms with Gasteiger partial charge in [-0.25, -0.2) is 4.99 Å². The van der Waals surface area contributed by atoms with Gasteiger partial charge in [0, 0.05) is 19.3 Å². The van der Waals surface area contributed by atoms with E-state index < -0.39 is 0 Å². The molecule has 1 aromatic heterocycles. The van der Waals surface area contributed by atoms with Gasteiger partial charge in [0.15, 0.2) is 5.96 Å². The minimum absolute atomic E-state index is 0. The maximum absolute atomic E-state index is 4.73. The van der Waals surface area contributed by atoms with Crippen molar-refractivity contribution < 1.29 is 0 Å². The molecule has 0 saturated carbocycles. The number of nitrogens with zero attached hydrogens (tertiary/aromatic N) is 3. The number of nitrogens with one attached hydrogen (secondary N) is 2. The third-order valence-electron chi connectivity index (χ3n) is 5.18. The quantitative estimate of drug-likeness (QED) is 0.334. The molecule has 0 spiro atoms. The molecule has 6 heteroatoms. The Kier molecular flexibility index (Phi) is 10.4. The summed E-state index contributed by atoms with van der Waals surface area (Å²) in [6.07, 6.45) is 5.89. The van der Waals surface area contributed by atoms with Gasteiger partial charge in [-0.05, 0) is 62.5 Å². The summed E-state index contributed by atoms with van der Waals surface area (Å²) in [6, 6.07) is 12.9. The SMILES string of the molecule is CCNC(=NCc1ccc(CN2CCCCC2)cc1)NCc1ncccc1C.I. The molecular formula is C23H34IN5. The number of aromatic nitrogens is 1. The smallest absolute Gasteiger partial charge is 0.191 e. The van der Waals surface area contributed by atoms with Gasteiger partial charge >= 0.3 is 0 Å². The highest BCUT2D eigenvalue weighted by atomic mass is 127. The van der Waals surface area contributed by atoms with Gasteiger partial charge in [0.05, 0.1) is 18.8 Å². The van der Waals surface area contributed by atoms with Gasteiger partial charge in [-0.2, -0.15) is 0 Å². The second-order valence-corrected chi connectivity index (χ2v) is 7.47. The highest BCUT2D eigenvalue weighted by Gasteiger charge is 2.10. The summed E-state index contributed by atoms with van der Waals surface area (Å²) in [6.45, 7) is 9.88. The van der Waals surface area contributed by atoms with Crippen LogP contribution in [0.1, 0.15) is 48.6 Å². The Morgan fingerprint density at radius 1 is 1.03 bits per heavy atom. The first-order valence-corrected chi connectivity index (χ1v) is 10.5. The van der Waals surface area contributed by atoms with Gasteiger partial charge in [-0.1, -0.05) is 36.8 Å². The van der Waals surface area contributed by atoms with E-state index in [1.165, 1.54) is 49.0 Å². The molecule has 2 heterocycles. The zero-order valence-corrected chi connectivity index (χ0v) is 20.0. The van der Waals surface area contributed by atoms with E-state index >= 15 is 0 Å². The van der Waals surface area contributed by atoms with Gasteiger partial charge < -0.3 is 10.6 Å². The molecule has 2 aromatic rings. The largest absolute Gasteiger partial charge is 0.357 e. The Hall–Kier alpha value is -1.67. The van der Waals surface area contributed by atoms with Gasteiger partial charge in [0.1, 0.15) is 0 Å². The van der Waals surface area contributed by atoms with Crippen molar-refractivity contribution in [3.05, 3.63) is 65.0 Å². The number of halogens is 1. The summed E-state index contributed by atoms with van der Waals surface area (Å²) in [7, 11) is 0. The lowest BCUT2D eigenvalue weighted by atomic mass is 10.1. The molecule has 1 aliphatic heterocycles. The topological polar surface area (TPSA) is 52.6 Å². The summed E-state index contributed by atoms with van der Waals surface area (Å²) in [5.74, 6) is 0.824. The Morgan fingerprint density at radius 2 is 1.76 bits per heavy atom. The van der Waals surface area contributed by atoms with Crippen LogP contribution in [-0.4, -0.2) is 35.5 Å². The Balaban J connectivity index is 0.00000300. The molecule has 29 heavy (non-hydrogen) atoms. The van der Waals surface area contributed by atoms with E-state index in [1.54, 1.807) is 0 Å². The van der Waals surface area contributed by atoms with Gasteiger partial charge in [-0.15, -0.1) is 24.0 Å². The molecule has 1 aromatic carbocycles. The van der Waals surface area contributed by atoms with Gasteiger partial charge in [-0.3, -0.25) is 9.88 Å². The first-order chi connectivity index (χ1) is 13.7. The highest BCUT2D eigenvalue weighted by molar-refractivity contribution is 14.0. The Morgan fingerprint density at radius 3 is 2.45 bits per heavy atom. The molecule has 0 radical (unpaired) electrons. The monoisotopic (exact) mass is 507 g/mol. The molecule has 0 amide bonds. The number of aryl methyl sites for hydroxylation is 1. The van der Waals surface area contributed by atoms with E-state index in [9.17, 15) is 0 Å². The lowest BCUT2D eigenvalue weighted by Crippen LogP contribution is -2.37. The molecule has 0 bridgehead atoms. The molecule has 0 aliphatic carbocycles. The van der Waals surface area contributed by atoms with Gasteiger partial charge in [0.2, 0.25) is 0 Å². The van der Waals surface area contributed by atoms with E-state index in [4.69, 9.17) is 4.99 Å². The predicted molar refractivity (Wildman–Crippen MR) is 132 cm³/mol. The van der Waals surface area contributed by atoms with Crippen LogP contribution in [0.25, 0.3) is 0 Å². The lowest BCUT2D eigenvalue weighted by Gasteiger charge is -2.26. The van der Waals surface area contributed by atoms with Crippen LogP contribution in [0.4, 0.5) is 0 Å². The van der Waals surface area contributed by atoms with E-state index in [2.05, 4.69) is 64.7 Å². The van der Waals surface area contributed by atoms with Crippen molar-refractivity contribution in [3.63, 3.8) is 0 Å². The van der Waals surface area contributed by atoms with Gasteiger partial charge in [0.25, 0.3) is 0 Å². The predicted octanol–water partition coefficient (Wildman–Crippen LogP) is 4.25. The zero-order valence-electron chi connectivity index (χ0n) is 17.7. The third-order valence-corrected chi connectivity index (χ3v) is 5.18. The minimum atomic E-state index is 0. The van der Waals surface area contributed by atoms with Crippen molar-refractivity contribution in [1.82, 2.24) is 20.5 Å². The van der Waals surface area contributed by atoms with Crippen molar-refractivity contribution in [2.45, 2.75) is 52.7 Å². The summed E-state index contributed by atoms with van der Waals surface area (Å²) in [4.78, 5) is 11.7. The fourth-order valence-electron chi connectivity index (χ4n) is 3.51. The van der Waals surface area contributed by atoms with Crippen LogP contribution in [-0.2, 0) is 19.6 Å². The molecule has 1 saturated heterocycles. The van der Waals surface area contributed by atoms with Crippen LogP contribution in [0, 0.1) is 6.92 Å². The normalized spacial score (nSPS) is 14.9. The Bertz CT molecular complexity index is 754. The average molecular weight is 507 g/mol. The number of hydrogen-bond donors (Lipinski definition) is 2. The third kappa shape index (κ3) is 7.93. The highest BCUT2D eigenvalue weighted by Crippen LogP contribution is 2.14.